The van der Waals surface area contributed by atoms with Crippen molar-refractivity contribution in [2.75, 3.05) is 0 Å². The van der Waals surface area contributed by atoms with Crippen LogP contribution in [0.2, 0.25) is 0 Å². The van der Waals surface area contributed by atoms with Crippen molar-refractivity contribution in [1.82, 2.24) is 9.13 Å². The second-order valence-corrected chi connectivity index (χ2v) is 12.0. The maximum absolute atomic E-state index is 10.8. The Bertz CT molecular complexity index is 2700. The highest BCUT2D eigenvalue weighted by atomic mass is 15.0. The Morgan fingerprint density at radius 2 is 0.812 bits per heavy atom. The molecular formula is C44H26N4. The molecule has 0 N–H and O–H groups in total. The molecule has 2 heterocycles. The van der Waals surface area contributed by atoms with E-state index in [1.165, 1.54) is 0 Å². The Balaban J connectivity index is 1.38. The van der Waals surface area contributed by atoms with Gasteiger partial charge < -0.3 is 9.13 Å². The van der Waals surface area contributed by atoms with Crippen molar-refractivity contribution in [3.63, 3.8) is 0 Å². The molecule has 7 aromatic carbocycles. The van der Waals surface area contributed by atoms with E-state index in [0.717, 1.165) is 71.7 Å². The van der Waals surface area contributed by atoms with E-state index in [0.29, 0.717) is 16.7 Å². The van der Waals surface area contributed by atoms with Crippen molar-refractivity contribution >= 4 is 43.6 Å². The van der Waals surface area contributed by atoms with Gasteiger partial charge >= 0.3 is 0 Å². The Kier molecular flexibility index (Phi) is 6.22. The molecule has 222 valence electrons. The second kappa shape index (κ2) is 10.9. The lowest BCUT2D eigenvalue weighted by molar-refractivity contribution is 1.17. The average Bonchev–Trinajstić information content (AvgIpc) is 3.67. The van der Waals surface area contributed by atoms with Crippen LogP contribution in [0.5, 0.6) is 0 Å². The predicted octanol–water partition coefficient (Wildman–Crippen LogP) is 11.0. The number of nitriles is 2. The van der Waals surface area contributed by atoms with Crippen LogP contribution in [0, 0.1) is 22.7 Å². The molecule has 0 aliphatic heterocycles. The maximum atomic E-state index is 10.8. The fourth-order valence-electron chi connectivity index (χ4n) is 7.33. The van der Waals surface area contributed by atoms with Crippen molar-refractivity contribution in [2.24, 2.45) is 0 Å². The van der Waals surface area contributed by atoms with Crippen molar-refractivity contribution in [1.29, 1.82) is 10.5 Å². The van der Waals surface area contributed by atoms with Crippen LogP contribution in [0.3, 0.4) is 0 Å². The molecule has 0 aliphatic carbocycles. The number of benzene rings is 7. The summed E-state index contributed by atoms with van der Waals surface area (Å²) in [6, 6.07) is 58.8. The number of nitrogens with zero attached hydrogens (tertiary/aromatic N) is 4. The molecule has 0 atom stereocenters. The largest absolute Gasteiger partial charge is 0.309 e. The Morgan fingerprint density at radius 3 is 1.31 bits per heavy atom. The van der Waals surface area contributed by atoms with Crippen LogP contribution in [0.4, 0.5) is 0 Å². The number of hydrogen-bond donors (Lipinski definition) is 0. The molecule has 9 aromatic rings. The molecule has 0 saturated heterocycles. The number of aromatic nitrogens is 2. The van der Waals surface area contributed by atoms with Crippen molar-refractivity contribution in [2.45, 2.75) is 0 Å². The summed E-state index contributed by atoms with van der Waals surface area (Å²) in [7, 11) is 0. The molecule has 48 heavy (non-hydrogen) atoms. The normalized spacial score (nSPS) is 11.3. The van der Waals surface area contributed by atoms with Crippen molar-refractivity contribution in [3.05, 3.63) is 169 Å². The van der Waals surface area contributed by atoms with Gasteiger partial charge in [-0.15, -0.1) is 0 Å². The van der Waals surface area contributed by atoms with E-state index in [1.54, 1.807) is 0 Å². The lowest BCUT2D eigenvalue weighted by Gasteiger charge is -2.18. The highest BCUT2D eigenvalue weighted by Crippen LogP contribution is 2.41. The first-order valence-electron chi connectivity index (χ1n) is 15.9. The number of hydrogen-bond acceptors (Lipinski definition) is 2. The maximum Gasteiger partial charge on any atom is 0.100 e. The molecule has 4 heteroatoms. The van der Waals surface area contributed by atoms with Crippen molar-refractivity contribution in [3.8, 4) is 45.8 Å². The summed E-state index contributed by atoms with van der Waals surface area (Å²) in [5.41, 5.74) is 10.4. The molecule has 2 aromatic heterocycles. The highest BCUT2D eigenvalue weighted by molar-refractivity contribution is 6.10. The SMILES string of the molecule is N#Cc1ccc(-n2c3ccccc3c3ccccc32)cc1-c1cc(-n2c3ccccc3c3ccccc32)cc(-c2ccccc2)c1C#N. The van der Waals surface area contributed by atoms with Crippen LogP contribution in [-0.2, 0) is 0 Å². The summed E-state index contributed by atoms with van der Waals surface area (Å²) in [6.07, 6.45) is 0. The molecule has 0 saturated carbocycles. The fourth-order valence-corrected chi connectivity index (χ4v) is 7.33. The van der Waals surface area contributed by atoms with Gasteiger partial charge in [0, 0.05) is 49.6 Å². The van der Waals surface area contributed by atoms with E-state index in [9.17, 15) is 10.5 Å². The zero-order valence-electron chi connectivity index (χ0n) is 25.8. The lowest BCUT2D eigenvalue weighted by atomic mass is 9.89. The predicted molar refractivity (Wildman–Crippen MR) is 195 cm³/mol. The number of rotatable bonds is 4. The third-order valence-electron chi connectivity index (χ3n) is 9.41. The van der Waals surface area contributed by atoms with E-state index in [2.05, 4.69) is 137 Å². The van der Waals surface area contributed by atoms with Gasteiger partial charge in [0.1, 0.15) is 6.07 Å². The molecule has 0 fully saturated rings. The van der Waals surface area contributed by atoms with Gasteiger partial charge in [-0.2, -0.15) is 10.5 Å². The Labute approximate surface area is 277 Å². The summed E-state index contributed by atoms with van der Waals surface area (Å²) in [6.45, 7) is 0. The first kappa shape index (κ1) is 27.4. The molecule has 0 unspecified atom stereocenters. The van der Waals surface area contributed by atoms with Gasteiger partial charge in [0.05, 0.1) is 39.3 Å². The smallest absolute Gasteiger partial charge is 0.100 e. The van der Waals surface area contributed by atoms with Crippen molar-refractivity contribution < 1.29 is 0 Å². The van der Waals surface area contributed by atoms with Gasteiger partial charge in [-0.25, -0.2) is 0 Å². The third kappa shape index (κ3) is 4.07. The van der Waals surface area contributed by atoms with Crippen LogP contribution >= 0.6 is 0 Å². The number of para-hydroxylation sites is 4. The standard InChI is InChI=1S/C44H26N4/c45-27-30-22-23-31(47-41-18-8-4-14-33(41)34-15-5-9-19-42(34)47)24-38(30)39-26-32(25-37(40(39)28-46)29-12-2-1-3-13-29)48-43-20-10-6-16-35(43)36-17-7-11-21-44(36)48/h1-26H. The minimum absolute atomic E-state index is 0.509. The molecule has 0 aliphatic rings. The monoisotopic (exact) mass is 610 g/mol. The minimum Gasteiger partial charge on any atom is -0.309 e. The van der Waals surface area contributed by atoms with Crippen LogP contribution in [-0.4, -0.2) is 9.13 Å². The van der Waals surface area contributed by atoms with Crippen LogP contribution in [0.15, 0.2) is 158 Å². The van der Waals surface area contributed by atoms with E-state index in [4.69, 9.17) is 0 Å². The Hall–Kier alpha value is -6.88. The van der Waals surface area contributed by atoms with Gasteiger partial charge in [-0.1, -0.05) is 103 Å². The molecular weight excluding hydrogens is 585 g/mol. The quantitative estimate of drug-likeness (QED) is 0.199. The summed E-state index contributed by atoms with van der Waals surface area (Å²) in [5, 5.41) is 26.0. The van der Waals surface area contributed by atoms with E-state index < -0.39 is 0 Å². The van der Waals surface area contributed by atoms with E-state index in [-0.39, 0.29) is 0 Å². The fraction of sp³-hybridized carbons (Fsp3) is 0. The lowest BCUT2D eigenvalue weighted by Crippen LogP contribution is -2.01. The van der Waals surface area contributed by atoms with E-state index in [1.807, 2.05) is 42.5 Å². The molecule has 0 radical (unpaired) electrons. The zero-order valence-corrected chi connectivity index (χ0v) is 25.8. The summed E-state index contributed by atoms with van der Waals surface area (Å²) in [5.74, 6) is 0. The average molecular weight is 611 g/mol. The summed E-state index contributed by atoms with van der Waals surface area (Å²) < 4.78 is 4.51. The van der Waals surface area contributed by atoms with Gasteiger partial charge in [0.25, 0.3) is 0 Å². The van der Waals surface area contributed by atoms with Gasteiger partial charge in [0.2, 0.25) is 0 Å². The van der Waals surface area contributed by atoms with Gasteiger partial charge in [-0.3, -0.25) is 0 Å². The number of fused-ring (bicyclic) bond motifs is 6. The van der Waals surface area contributed by atoms with Gasteiger partial charge in [0.15, 0.2) is 0 Å². The molecule has 0 bridgehead atoms. The van der Waals surface area contributed by atoms with Gasteiger partial charge in [-0.05, 0) is 60.2 Å². The zero-order chi connectivity index (χ0) is 32.2. The Morgan fingerprint density at radius 1 is 0.375 bits per heavy atom. The molecule has 4 nitrogen and oxygen atoms in total. The van der Waals surface area contributed by atoms with Crippen LogP contribution in [0.1, 0.15) is 11.1 Å². The minimum atomic E-state index is 0.509. The highest BCUT2D eigenvalue weighted by Gasteiger charge is 2.21. The molecule has 0 spiro atoms. The topological polar surface area (TPSA) is 57.4 Å². The second-order valence-electron chi connectivity index (χ2n) is 12.0. The molecule has 9 rings (SSSR count). The molecule has 0 amide bonds. The van der Waals surface area contributed by atoms with Crippen LogP contribution in [0.25, 0.3) is 77.2 Å². The summed E-state index contributed by atoms with van der Waals surface area (Å²) >= 11 is 0. The van der Waals surface area contributed by atoms with Crippen LogP contribution < -0.4 is 0 Å². The first-order chi connectivity index (χ1) is 23.7. The first-order valence-corrected chi connectivity index (χ1v) is 15.9. The summed E-state index contributed by atoms with van der Waals surface area (Å²) in [4.78, 5) is 0. The third-order valence-corrected chi connectivity index (χ3v) is 9.41. The van der Waals surface area contributed by atoms with E-state index >= 15 is 0 Å².